The number of hydrogen-bond acceptors (Lipinski definition) is 8. The second-order valence-corrected chi connectivity index (χ2v) is 14.5. The Bertz CT molecular complexity index is 2020. The number of anilines is 2. The van der Waals surface area contributed by atoms with Gasteiger partial charge in [0.25, 0.3) is 0 Å². The molecule has 2 aromatic heterocycles. The summed E-state index contributed by atoms with van der Waals surface area (Å²) < 4.78 is 38.8. The highest BCUT2D eigenvalue weighted by atomic mass is 32.2. The highest BCUT2D eigenvalue weighted by Crippen LogP contribution is 2.38. The molecular weight excluding hydrogens is 637 g/mol. The normalized spacial score (nSPS) is 16.4. The number of nitrogens with zero attached hydrogens (tertiary/aromatic N) is 4. The van der Waals surface area contributed by atoms with Crippen LogP contribution in [0.5, 0.6) is 0 Å². The van der Waals surface area contributed by atoms with Gasteiger partial charge in [0, 0.05) is 44.0 Å². The fraction of sp³-hybridized carbons (Fsp3) is 0.342. The Kier molecular flexibility index (Phi) is 10.3. The van der Waals surface area contributed by atoms with E-state index < -0.39 is 16.0 Å². The molecule has 1 fully saturated rings. The predicted octanol–water partition coefficient (Wildman–Crippen LogP) is 6.84. The Balaban J connectivity index is 1.19. The van der Waals surface area contributed by atoms with Gasteiger partial charge in [0.2, 0.25) is 16.0 Å². The molecular formula is C38H44N6O4S. The van der Waals surface area contributed by atoms with Crippen LogP contribution < -0.4 is 14.9 Å². The van der Waals surface area contributed by atoms with E-state index in [1.807, 2.05) is 108 Å². The molecule has 0 amide bonds. The lowest BCUT2D eigenvalue weighted by molar-refractivity contribution is 0.0521. The lowest BCUT2D eigenvalue weighted by atomic mass is 9.82. The van der Waals surface area contributed by atoms with Gasteiger partial charge in [-0.15, -0.1) is 0 Å². The smallest absolute Gasteiger partial charge is 0.341 e. The molecule has 2 heterocycles. The van der Waals surface area contributed by atoms with E-state index in [1.165, 1.54) is 0 Å². The van der Waals surface area contributed by atoms with Crippen molar-refractivity contribution >= 4 is 38.7 Å². The monoisotopic (exact) mass is 680 g/mol. The van der Waals surface area contributed by atoms with Crippen LogP contribution in [0.1, 0.15) is 48.7 Å². The average molecular weight is 681 g/mol. The van der Waals surface area contributed by atoms with E-state index in [4.69, 9.17) is 14.7 Å². The number of carbonyl (C=O) groups is 1. The Labute approximate surface area is 288 Å². The Morgan fingerprint density at radius 2 is 1.49 bits per heavy atom. The summed E-state index contributed by atoms with van der Waals surface area (Å²) in [5.74, 6) is 1.43. The Morgan fingerprint density at radius 3 is 2.14 bits per heavy atom. The molecule has 1 aliphatic rings. The van der Waals surface area contributed by atoms with E-state index >= 15 is 0 Å². The molecule has 0 unspecified atom stereocenters. The van der Waals surface area contributed by atoms with Gasteiger partial charge in [-0.25, -0.2) is 22.9 Å². The maximum Gasteiger partial charge on any atom is 0.341 e. The van der Waals surface area contributed by atoms with Gasteiger partial charge >= 0.3 is 5.97 Å². The first kappa shape index (κ1) is 34.1. The van der Waals surface area contributed by atoms with E-state index in [-0.39, 0.29) is 29.5 Å². The molecule has 2 N–H and O–H groups in total. The number of ether oxygens (including phenoxy) is 1. The molecule has 3 aromatic carbocycles. The second kappa shape index (κ2) is 14.8. The van der Waals surface area contributed by atoms with Crippen LogP contribution in [0.25, 0.3) is 27.8 Å². The summed E-state index contributed by atoms with van der Waals surface area (Å²) in [4.78, 5) is 24.9. The summed E-state index contributed by atoms with van der Waals surface area (Å²) in [5.41, 5.74) is 3.33. The quantitative estimate of drug-likeness (QED) is 0.138. The molecule has 5 aromatic rings. The molecule has 49 heavy (non-hydrogen) atoms. The van der Waals surface area contributed by atoms with Crippen molar-refractivity contribution < 1.29 is 17.9 Å². The number of rotatable bonds is 12. The van der Waals surface area contributed by atoms with Crippen LogP contribution in [-0.2, 0) is 14.8 Å². The number of aromatic nitrogens is 3. The van der Waals surface area contributed by atoms with Gasteiger partial charge in [-0.3, -0.25) is 0 Å². The standard InChI is InChI=1S/C38H44N6O4S/c1-5-48-37(45)33-26(2)44(30-16-10-7-11-17-30)34(29-14-8-6-9-15-29)35(33)49(46,47)40-25-28-22-20-27(21-23-28)24-39-38-41-32-19-13-12-18-31(32)36(42-38)43(3)4/h6-19,27-28,40H,5,20-25H2,1-4H3,(H,39,41,42). The van der Waals surface area contributed by atoms with Crippen molar-refractivity contribution in [3.8, 4) is 16.9 Å². The molecule has 10 nitrogen and oxygen atoms in total. The zero-order valence-corrected chi connectivity index (χ0v) is 29.3. The minimum atomic E-state index is -4.14. The Hall–Kier alpha value is -4.74. The molecule has 0 radical (unpaired) electrons. The van der Waals surface area contributed by atoms with Crippen molar-refractivity contribution in [2.24, 2.45) is 11.8 Å². The Morgan fingerprint density at radius 1 is 0.878 bits per heavy atom. The predicted molar refractivity (Wildman–Crippen MR) is 195 cm³/mol. The SMILES string of the molecule is CCOC(=O)c1c(S(=O)(=O)NCC2CCC(CNc3nc(N(C)C)c4ccccc4n3)CC2)c(-c2ccccc2)n(-c2ccccc2)c1C. The van der Waals surface area contributed by atoms with E-state index in [1.54, 1.807) is 13.8 Å². The highest BCUT2D eigenvalue weighted by molar-refractivity contribution is 7.89. The lowest BCUT2D eigenvalue weighted by Gasteiger charge is -2.29. The minimum Gasteiger partial charge on any atom is -0.462 e. The molecule has 256 valence electrons. The molecule has 0 bridgehead atoms. The van der Waals surface area contributed by atoms with Gasteiger partial charge in [0.15, 0.2) is 0 Å². The molecule has 0 saturated heterocycles. The molecule has 6 rings (SSSR count). The van der Waals surface area contributed by atoms with Crippen molar-refractivity contribution in [2.45, 2.75) is 44.4 Å². The maximum absolute atomic E-state index is 14.3. The van der Waals surface area contributed by atoms with Crippen LogP contribution in [0.15, 0.2) is 89.8 Å². The van der Waals surface area contributed by atoms with E-state index in [0.29, 0.717) is 28.8 Å². The van der Waals surface area contributed by atoms with Crippen LogP contribution in [0.3, 0.4) is 0 Å². The van der Waals surface area contributed by atoms with Gasteiger partial charge in [-0.1, -0.05) is 60.7 Å². The fourth-order valence-electron chi connectivity index (χ4n) is 6.78. The number of sulfonamides is 1. The maximum atomic E-state index is 14.3. The zero-order valence-electron chi connectivity index (χ0n) is 28.5. The molecule has 0 spiro atoms. The summed E-state index contributed by atoms with van der Waals surface area (Å²) in [6.45, 7) is 4.65. The minimum absolute atomic E-state index is 0.0520. The number of benzene rings is 3. The van der Waals surface area contributed by atoms with Crippen LogP contribution in [0.2, 0.25) is 0 Å². The fourth-order valence-corrected chi connectivity index (χ4v) is 8.34. The van der Waals surface area contributed by atoms with E-state index in [9.17, 15) is 13.2 Å². The van der Waals surface area contributed by atoms with Gasteiger partial charge in [0.1, 0.15) is 16.3 Å². The molecule has 11 heteroatoms. The van der Waals surface area contributed by atoms with Gasteiger partial charge in [0.05, 0.1) is 17.8 Å². The van der Waals surface area contributed by atoms with Gasteiger partial charge in [-0.2, -0.15) is 4.98 Å². The third-order valence-electron chi connectivity index (χ3n) is 9.26. The zero-order chi connectivity index (χ0) is 34.5. The van der Waals surface area contributed by atoms with E-state index in [0.717, 1.165) is 54.6 Å². The lowest BCUT2D eigenvalue weighted by Crippen LogP contribution is -2.33. The van der Waals surface area contributed by atoms with Crippen molar-refractivity contribution in [1.29, 1.82) is 0 Å². The number of nitrogens with one attached hydrogen (secondary N) is 2. The number of carbonyl (C=O) groups excluding carboxylic acids is 1. The number of fused-ring (bicyclic) bond motifs is 1. The summed E-state index contributed by atoms with van der Waals surface area (Å²) in [7, 11) is -0.175. The largest absolute Gasteiger partial charge is 0.462 e. The van der Waals surface area contributed by atoms with E-state index in [2.05, 4.69) is 10.0 Å². The first-order valence-electron chi connectivity index (χ1n) is 16.9. The van der Waals surface area contributed by atoms with Crippen molar-refractivity contribution in [2.75, 3.05) is 44.0 Å². The van der Waals surface area contributed by atoms with Crippen molar-refractivity contribution in [1.82, 2.24) is 19.3 Å². The van der Waals surface area contributed by atoms with Crippen molar-refractivity contribution in [3.05, 3.63) is 96.2 Å². The first-order chi connectivity index (χ1) is 23.7. The highest BCUT2D eigenvalue weighted by Gasteiger charge is 2.36. The topological polar surface area (TPSA) is 118 Å². The molecule has 1 saturated carbocycles. The molecule has 0 aliphatic heterocycles. The average Bonchev–Trinajstić information content (AvgIpc) is 3.44. The number of para-hydroxylation sites is 2. The molecule has 1 aliphatic carbocycles. The molecule has 0 atom stereocenters. The third kappa shape index (κ3) is 7.33. The second-order valence-electron chi connectivity index (χ2n) is 12.8. The van der Waals surface area contributed by atoms with Crippen LogP contribution in [0.4, 0.5) is 11.8 Å². The summed E-state index contributed by atoms with van der Waals surface area (Å²) >= 11 is 0. The third-order valence-corrected chi connectivity index (χ3v) is 10.7. The number of hydrogen-bond donors (Lipinski definition) is 2. The van der Waals surface area contributed by atoms with Crippen LogP contribution in [0, 0.1) is 18.8 Å². The summed E-state index contributed by atoms with van der Waals surface area (Å²) in [6.07, 6.45) is 3.69. The van der Waals surface area contributed by atoms with Crippen molar-refractivity contribution in [3.63, 3.8) is 0 Å². The number of esters is 1. The van der Waals surface area contributed by atoms with Gasteiger partial charge < -0.3 is 19.5 Å². The van der Waals surface area contributed by atoms with Crippen LogP contribution >= 0.6 is 0 Å². The van der Waals surface area contributed by atoms with Crippen LogP contribution in [-0.4, -0.2) is 62.7 Å². The first-order valence-corrected chi connectivity index (χ1v) is 18.4. The summed E-state index contributed by atoms with van der Waals surface area (Å²) in [6, 6.07) is 26.8. The summed E-state index contributed by atoms with van der Waals surface area (Å²) in [5, 5.41) is 4.47. The van der Waals surface area contributed by atoms with Gasteiger partial charge in [-0.05, 0) is 81.2 Å².